The van der Waals surface area contributed by atoms with Crippen LogP contribution in [0.3, 0.4) is 0 Å². The highest BCUT2D eigenvalue weighted by atomic mass is 32.2. The highest BCUT2D eigenvalue weighted by Crippen LogP contribution is 2.09. The molecule has 1 saturated heterocycles. The number of nitrogens with zero attached hydrogens (tertiary/aromatic N) is 1. The second kappa shape index (κ2) is 7.76. The molecule has 1 aliphatic rings. The Morgan fingerprint density at radius 1 is 1.39 bits per heavy atom. The Bertz CT molecular complexity index is 631. The molecular weight excluding hydrogens is 318 g/mol. The number of nitrogens with two attached hydrogens (primary N) is 1. The molecule has 1 aromatic carbocycles. The van der Waals surface area contributed by atoms with Gasteiger partial charge in [0.25, 0.3) is 0 Å². The first kappa shape index (κ1) is 17.7. The van der Waals surface area contributed by atoms with E-state index in [1.807, 2.05) is 6.92 Å². The Kier molecular flexibility index (Phi) is 5.97. The van der Waals surface area contributed by atoms with E-state index in [2.05, 4.69) is 5.32 Å². The highest BCUT2D eigenvalue weighted by molar-refractivity contribution is 7.89. The molecule has 23 heavy (non-hydrogen) atoms. The zero-order valence-electron chi connectivity index (χ0n) is 13.2. The summed E-state index contributed by atoms with van der Waals surface area (Å²) in [6.07, 6.45) is 1.51. The minimum atomic E-state index is -3.66. The van der Waals surface area contributed by atoms with E-state index in [1.165, 1.54) is 12.1 Å². The maximum absolute atomic E-state index is 12.1. The van der Waals surface area contributed by atoms with Crippen LogP contribution < -0.4 is 10.5 Å². The lowest BCUT2D eigenvalue weighted by molar-refractivity contribution is 0.0710. The quantitative estimate of drug-likeness (QED) is 0.841. The van der Waals surface area contributed by atoms with Gasteiger partial charge in [0.15, 0.2) is 0 Å². The third-order valence-corrected chi connectivity index (χ3v) is 4.61. The standard InChI is InChI=1S/C15H23N3O4S/c1-12-11-18(9-2-10-22-12)15(19)17-8-7-13-3-5-14(6-4-13)23(16,20)21/h3-6,12H,2,7-11H2,1H3,(H,17,19)(H2,16,20,21). The van der Waals surface area contributed by atoms with E-state index in [1.54, 1.807) is 17.0 Å². The molecule has 1 fully saturated rings. The van der Waals surface area contributed by atoms with Crippen molar-refractivity contribution >= 4 is 16.1 Å². The second-order valence-corrected chi connectivity index (χ2v) is 7.21. The van der Waals surface area contributed by atoms with E-state index >= 15 is 0 Å². The largest absolute Gasteiger partial charge is 0.377 e. The van der Waals surface area contributed by atoms with Crippen LogP contribution in [0.2, 0.25) is 0 Å². The topological polar surface area (TPSA) is 102 Å². The first-order valence-corrected chi connectivity index (χ1v) is 9.17. The van der Waals surface area contributed by atoms with Gasteiger partial charge in [-0.2, -0.15) is 0 Å². The van der Waals surface area contributed by atoms with E-state index in [9.17, 15) is 13.2 Å². The number of primary sulfonamides is 1. The molecule has 1 atom stereocenters. The lowest BCUT2D eigenvalue weighted by Gasteiger charge is -2.22. The van der Waals surface area contributed by atoms with Crippen molar-refractivity contribution < 1.29 is 17.9 Å². The number of carbonyl (C=O) groups excluding carboxylic acids is 1. The number of benzene rings is 1. The molecule has 1 heterocycles. The van der Waals surface area contributed by atoms with Gasteiger partial charge < -0.3 is 15.0 Å². The van der Waals surface area contributed by atoms with Gasteiger partial charge >= 0.3 is 6.03 Å². The Morgan fingerprint density at radius 3 is 2.74 bits per heavy atom. The molecule has 8 heteroatoms. The Morgan fingerprint density at radius 2 is 2.09 bits per heavy atom. The third-order valence-electron chi connectivity index (χ3n) is 3.68. The van der Waals surface area contributed by atoms with Gasteiger partial charge in [0.2, 0.25) is 10.0 Å². The van der Waals surface area contributed by atoms with Crippen molar-refractivity contribution in [3.63, 3.8) is 0 Å². The van der Waals surface area contributed by atoms with Crippen LogP contribution in [0.25, 0.3) is 0 Å². The normalized spacial score (nSPS) is 19.2. The summed E-state index contributed by atoms with van der Waals surface area (Å²) in [5, 5.41) is 7.94. The summed E-state index contributed by atoms with van der Waals surface area (Å²) >= 11 is 0. The monoisotopic (exact) mass is 341 g/mol. The maximum atomic E-state index is 12.1. The fourth-order valence-corrected chi connectivity index (χ4v) is 2.97. The van der Waals surface area contributed by atoms with E-state index < -0.39 is 10.0 Å². The van der Waals surface area contributed by atoms with E-state index in [0.717, 1.165) is 12.0 Å². The van der Waals surface area contributed by atoms with Crippen LogP contribution in [0.5, 0.6) is 0 Å². The SMILES string of the molecule is CC1CN(C(=O)NCCc2ccc(S(N)(=O)=O)cc2)CCCO1. The number of ether oxygens (including phenoxy) is 1. The van der Waals surface area contributed by atoms with Crippen molar-refractivity contribution in [3.05, 3.63) is 29.8 Å². The van der Waals surface area contributed by atoms with Gasteiger partial charge in [0.1, 0.15) is 0 Å². The van der Waals surface area contributed by atoms with Gasteiger partial charge in [-0.1, -0.05) is 12.1 Å². The molecule has 0 aromatic heterocycles. The summed E-state index contributed by atoms with van der Waals surface area (Å²) in [4.78, 5) is 14.0. The maximum Gasteiger partial charge on any atom is 0.317 e. The molecule has 1 aromatic rings. The zero-order chi connectivity index (χ0) is 16.9. The molecule has 128 valence electrons. The molecule has 0 aliphatic carbocycles. The summed E-state index contributed by atoms with van der Waals surface area (Å²) in [6, 6.07) is 6.26. The molecule has 0 spiro atoms. The Labute approximate surface area is 136 Å². The van der Waals surface area contributed by atoms with Crippen LogP contribution in [0.15, 0.2) is 29.2 Å². The number of nitrogens with one attached hydrogen (secondary N) is 1. The van der Waals surface area contributed by atoms with Crippen LogP contribution >= 0.6 is 0 Å². The molecule has 1 aliphatic heterocycles. The lowest BCUT2D eigenvalue weighted by Crippen LogP contribution is -2.43. The number of sulfonamides is 1. The zero-order valence-corrected chi connectivity index (χ0v) is 14.0. The average molecular weight is 341 g/mol. The summed E-state index contributed by atoms with van der Waals surface area (Å²) in [7, 11) is -3.66. The summed E-state index contributed by atoms with van der Waals surface area (Å²) < 4.78 is 27.9. The van der Waals surface area contributed by atoms with Crippen molar-refractivity contribution in [2.24, 2.45) is 5.14 Å². The van der Waals surface area contributed by atoms with E-state index in [-0.39, 0.29) is 17.0 Å². The third kappa shape index (κ3) is 5.49. The van der Waals surface area contributed by atoms with Gasteiger partial charge in [-0.25, -0.2) is 18.4 Å². The van der Waals surface area contributed by atoms with Crippen LogP contribution in [0.1, 0.15) is 18.9 Å². The minimum Gasteiger partial charge on any atom is -0.377 e. The number of hydrogen-bond acceptors (Lipinski definition) is 4. The number of rotatable bonds is 4. The first-order valence-electron chi connectivity index (χ1n) is 7.62. The van der Waals surface area contributed by atoms with Gasteiger partial charge in [-0.15, -0.1) is 0 Å². The summed E-state index contributed by atoms with van der Waals surface area (Å²) in [5.41, 5.74) is 0.935. The smallest absolute Gasteiger partial charge is 0.317 e. The molecule has 0 bridgehead atoms. The van der Waals surface area contributed by atoms with Crippen LogP contribution in [0, 0.1) is 0 Å². The molecular formula is C15H23N3O4S. The Balaban J connectivity index is 1.81. The number of urea groups is 1. The van der Waals surface area contributed by atoms with Crippen LogP contribution in [-0.4, -0.2) is 51.7 Å². The first-order chi connectivity index (χ1) is 10.9. The molecule has 7 nitrogen and oxygen atoms in total. The fraction of sp³-hybridized carbons (Fsp3) is 0.533. The van der Waals surface area contributed by atoms with Gasteiger partial charge in [0.05, 0.1) is 11.0 Å². The molecule has 2 amide bonds. The van der Waals surface area contributed by atoms with Crippen molar-refractivity contribution in [1.29, 1.82) is 0 Å². The number of amides is 2. The van der Waals surface area contributed by atoms with Crippen molar-refractivity contribution in [2.75, 3.05) is 26.2 Å². The minimum absolute atomic E-state index is 0.0500. The lowest BCUT2D eigenvalue weighted by atomic mass is 10.1. The Hall–Kier alpha value is -1.64. The molecule has 3 N–H and O–H groups in total. The summed E-state index contributed by atoms with van der Waals surface area (Å²) in [5.74, 6) is 0. The van der Waals surface area contributed by atoms with Crippen molar-refractivity contribution in [3.8, 4) is 0 Å². The van der Waals surface area contributed by atoms with Crippen LogP contribution in [0.4, 0.5) is 4.79 Å². The molecule has 1 unspecified atom stereocenters. The molecule has 0 radical (unpaired) electrons. The van der Waals surface area contributed by atoms with Crippen molar-refractivity contribution in [1.82, 2.24) is 10.2 Å². The van der Waals surface area contributed by atoms with E-state index in [0.29, 0.717) is 32.7 Å². The number of hydrogen-bond donors (Lipinski definition) is 2. The van der Waals surface area contributed by atoms with E-state index in [4.69, 9.17) is 9.88 Å². The highest BCUT2D eigenvalue weighted by Gasteiger charge is 2.19. The van der Waals surface area contributed by atoms with Gasteiger partial charge in [0, 0.05) is 26.2 Å². The second-order valence-electron chi connectivity index (χ2n) is 5.65. The average Bonchev–Trinajstić information content (AvgIpc) is 2.71. The molecule has 2 rings (SSSR count). The van der Waals surface area contributed by atoms with Crippen LogP contribution in [-0.2, 0) is 21.2 Å². The van der Waals surface area contributed by atoms with Crippen molar-refractivity contribution in [2.45, 2.75) is 30.8 Å². The summed E-state index contributed by atoms with van der Waals surface area (Å²) in [6.45, 7) is 4.41. The molecule has 0 saturated carbocycles. The van der Waals surface area contributed by atoms with Gasteiger partial charge in [-0.05, 0) is 37.5 Å². The van der Waals surface area contributed by atoms with Gasteiger partial charge in [-0.3, -0.25) is 0 Å². The predicted molar refractivity (Wildman–Crippen MR) is 86.5 cm³/mol. The fourth-order valence-electron chi connectivity index (χ4n) is 2.45. The number of carbonyl (C=O) groups is 1. The predicted octanol–water partition coefficient (Wildman–Crippen LogP) is 0.697.